The number of aliphatic carboxylic acids is 2. The Labute approximate surface area is 159 Å². The maximum absolute atomic E-state index is 11.2. The average Bonchev–Trinajstić information content (AvgIpc) is 2.38. The third kappa shape index (κ3) is 7.74. The van der Waals surface area contributed by atoms with Gasteiger partial charge in [0, 0.05) is 28.3 Å². The van der Waals surface area contributed by atoms with Crippen LogP contribution in [0.1, 0.15) is 12.8 Å². The van der Waals surface area contributed by atoms with Crippen molar-refractivity contribution in [3.05, 3.63) is 34.1 Å². The average molecular weight is 442 g/mol. The predicted octanol–water partition coefficient (Wildman–Crippen LogP) is -1.99. The minimum Gasteiger partial charge on any atom is -0.685 e. The first-order chi connectivity index (χ1) is 8.61. The number of hydrogen-bond donors (Lipinski definition) is 2. The Morgan fingerprint density at radius 2 is 1.75 bits per heavy atom. The van der Waals surface area contributed by atoms with E-state index in [9.17, 15) is 14.7 Å². The van der Waals surface area contributed by atoms with E-state index in [1.807, 2.05) is 0 Å². The Bertz CT molecular complexity index is 445. The van der Waals surface area contributed by atoms with Crippen molar-refractivity contribution in [2.75, 3.05) is 13.1 Å². The van der Waals surface area contributed by atoms with Crippen molar-refractivity contribution in [1.82, 2.24) is 0 Å². The van der Waals surface area contributed by atoms with E-state index in [0.717, 1.165) is 6.42 Å². The number of carbonyl (C=O) groups is 2. The van der Waals surface area contributed by atoms with Crippen LogP contribution in [-0.4, -0.2) is 52.2 Å². The number of piperidine rings is 1. The number of rotatable bonds is 3. The first kappa shape index (κ1) is 34.4. The van der Waals surface area contributed by atoms with Crippen molar-refractivity contribution in [2.24, 2.45) is 5.92 Å². The molecule has 2 heterocycles. The molecule has 146 valence electrons. The molecule has 0 bridgehead atoms. The zero-order valence-corrected chi connectivity index (χ0v) is 14.6. The molecule has 0 aromatic rings. The standard InChI is InChI=1S/C12H14N2O4.2Co.4H2O/c15-11(16)7-3-1-5-13-9(7)10-8(12(17)18)4-2-6-14-10;;;;;;/h1,3,8,10H,2,4-6H2,(H,15,16)(H,17,18);;;4*1H2/q-2;;+2;;;;/p+2. The van der Waals surface area contributed by atoms with Crippen LogP contribution < -0.4 is 0 Å². The molecule has 10 nitrogen and oxygen atoms in total. The van der Waals surface area contributed by atoms with Gasteiger partial charge in [-0.3, -0.25) is 4.79 Å². The van der Waals surface area contributed by atoms with Crippen LogP contribution in [-0.2, 0) is 54.1 Å². The van der Waals surface area contributed by atoms with Crippen molar-refractivity contribution in [1.29, 1.82) is 0 Å². The van der Waals surface area contributed by atoms with Crippen LogP contribution in [0.2, 0.25) is 0 Å². The molecule has 12 heteroatoms. The molecule has 0 aromatic heterocycles. The predicted molar refractivity (Wildman–Crippen MR) is 81.4 cm³/mol. The van der Waals surface area contributed by atoms with E-state index in [4.69, 9.17) is 5.11 Å². The molecular formula is C12H24Co2N2O8+2. The van der Waals surface area contributed by atoms with Gasteiger partial charge in [0.05, 0.1) is 0 Å². The summed E-state index contributed by atoms with van der Waals surface area (Å²) in [6.07, 6.45) is 4.36. The van der Waals surface area contributed by atoms with Gasteiger partial charge in [-0.2, -0.15) is 5.70 Å². The van der Waals surface area contributed by atoms with Crippen LogP contribution in [0, 0.1) is 5.92 Å². The molecule has 2 aliphatic heterocycles. The summed E-state index contributed by atoms with van der Waals surface area (Å²) in [5.74, 6) is -2.70. The fraction of sp³-hybridized carbons (Fsp3) is 0.500. The molecule has 0 saturated carbocycles. The molecule has 0 spiro atoms. The van der Waals surface area contributed by atoms with Gasteiger partial charge in [0.1, 0.15) is 0 Å². The third-order valence-electron chi connectivity index (χ3n) is 3.14. The van der Waals surface area contributed by atoms with Gasteiger partial charge in [-0.15, -0.1) is 25.2 Å². The van der Waals surface area contributed by atoms with Crippen LogP contribution >= 0.6 is 0 Å². The fourth-order valence-corrected chi connectivity index (χ4v) is 2.29. The maximum atomic E-state index is 11.2. The van der Waals surface area contributed by atoms with Gasteiger partial charge in [-0.25, -0.2) is 4.79 Å². The minimum atomic E-state index is -1.09. The first-order valence-electron chi connectivity index (χ1n) is 5.82. The van der Waals surface area contributed by atoms with Crippen LogP contribution in [0.5, 0.6) is 0 Å². The van der Waals surface area contributed by atoms with Crippen LogP contribution in [0.15, 0.2) is 23.4 Å². The molecule has 12 N–H and O–H groups in total. The monoisotopic (exact) mass is 442 g/mol. The molecule has 2 radical (unpaired) electrons. The van der Waals surface area contributed by atoms with Gasteiger partial charge in [0.15, 0.2) is 0 Å². The van der Waals surface area contributed by atoms with Gasteiger partial charge in [0.2, 0.25) is 0 Å². The van der Waals surface area contributed by atoms with Crippen LogP contribution in [0.25, 0.3) is 10.6 Å². The van der Waals surface area contributed by atoms with E-state index in [2.05, 4.69) is 10.6 Å². The zero-order chi connectivity index (χ0) is 13.1. The molecule has 2 aliphatic rings. The van der Waals surface area contributed by atoms with Crippen molar-refractivity contribution in [3.8, 4) is 0 Å². The van der Waals surface area contributed by atoms with E-state index in [0.29, 0.717) is 25.2 Å². The largest absolute Gasteiger partial charge is 2.00 e. The molecule has 0 amide bonds. The molecule has 0 aromatic carbocycles. The third-order valence-corrected chi connectivity index (χ3v) is 3.14. The van der Waals surface area contributed by atoms with Crippen LogP contribution in [0.3, 0.4) is 0 Å². The quantitative estimate of drug-likeness (QED) is 0.472. The van der Waals surface area contributed by atoms with Crippen molar-refractivity contribution >= 4 is 11.9 Å². The normalized spacial score (nSPS) is 20.8. The topological polar surface area (TPSA) is 232 Å². The number of carboxylic acids is 2. The minimum absolute atomic E-state index is 0. The second-order valence-electron chi connectivity index (χ2n) is 4.29. The second kappa shape index (κ2) is 15.6. The summed E-state index contributed by atoms with van der Waals surface area (Å²) in [6.45, 7) is 0.939. The second-order valence-corrected chi connectivity index (χ2v) is 4.29. The number of hydrogen-bond acceptors (Lipinski definition) is 2. The summed E-state index contributed by atoms with van der Waals surface area (Å²) in [4.78, 5) is 22.3. The molecule has 2 atom stereocenters. The summed E-state index contributed by atoms with van der Waals surface area (Å²) in [6, 6.07) is -0.632. The summed E-state index contributed by atoms with van der Waals surface area (Å²) in [5.41, 5.74) is 0.361. The van der Waals surface area contributed by atoms with Crippen molar-refractivity contribution in [2.45, 2.75) is 18.9 Å². The Morgan fingerprint density at radius 1 is 1.17 bits per heavy atom. The van der Waals surface area contributed by atoms with Gasteiger partial charge >= 0.3 is 28.7 Å². The molecule has 2 rings (SSSR count). The summed E-state index contributed by atoms with van der Waals surface area (Å²) >= 11 is 0. The summed E-state index contributed by atoms with van der Waals surface area (Å²) in [7, 11) is 0. The maximum Gasteiger partial charge on any atom is 2.00 e. The van der Waals surface area contributed by atoms with E-state index in [1.165, 1.54) is 6.08 Å². The Kier molecular flexibility index (Phi) is 22.3. The van der Waals surface area contributed by atoms with E-state index < -0.39 is 23.9 Å². The molecular weight excluding hydrogens is 418 g/mol. The van der Waals surface area contributed by atoms with Crippen molar-refractivity contribution < 1.29 is 75.3 Å². The number of nitrogens with zero attached hydrogens (tertiary/aromatic N) is 2. The van der Waals surface area contributed by atoms with E-state index in [1.54, 1.807) is 6.08 Å². The fourth-order valence-electron chi connectivity index (χ4n) is 2.29. The first-order valence-corrected chi connectivity index (χ1v) is 5.82. The summed E-state index contributed by atoms with van der Waals surface area (Å²) in [5, 5.41) is 26.7. The molecule has 0 aliphatic carbocycles. The van der Waals surface area contributed by atoms with E-state index >= 15 is 0 Å². The smallest absolute Gasteiger partial charge is 0.685 e. The van der Waals surface area contributed by atoms with Gasteiger partial charge in [0.25, 0.3) is 0 Å². The van der Waals surface area contributed by atoms with Gasteiger partial charge in [-0.1, -0.05) is 12.5 Å². The van der Waals surface area contributed by atoms with Gasteiger partial charge in [-0.05, 0) is 6.42 Å². The Hall–Kier alpha value is -0.967. The zero-order valence-electron chi connectivity index (χ0n) is 12.6. The molecule has 2 unspecified atom stereocenters. The SMILES string of the molecule is O.O.O=C(O)C1=C(C2[N-]CCCC2C(=O)O)[N-]CC=C1.[Co+2].[Co].[OH3+].[OH3+]. The Morgan fingerprint density at radius 3 is 2.25 bits per heavy atom. The van der Waals surface area contributed by atoms with E-state index in [-0.39, 0.29) is 61.0 Å². The Balaban J connectivity index is -0.000000201. The molecule has 1 saturated heterocycles. The molecule has 1 fully saturated rings. The van der Waals surface area contributed by atoms with Crippen molar-refractivity contribution in [3.63, 3.8) is 0 Å². The summed E-state index contributed by atoms with van der Waals surface area (Å²) < 4.78 is 0. The van der Waals surface area contributed by atoms with Gasteiger partial charge < -0.3 is 42.8 Å². The molecule has 24 heavy (non-hydrogen) atoms. The van der Waals surface area contributed by atoms with Crippen LogP contribution in [0.4, 0.5) is 0 Å². The number of carboxylic acid groups (broad SMARTS) is 2.